The van der Waals surface area contributed by atoms with Gasteiger partial charge in [0.05, 0.1) is 0 Å². The molecule has 0 saturated heterocycles. The van der Waals surface area contributed by atoms with Crippen molar-refractivity contribution in [1.29, 1.82) is 0 Å². The van der Waals surface area contributed by atoms with Crippen LogP contribution in [0.15, 0.2) is 24.5 Å². The molecule has 66 valence electrons. The van der Waals surface area contributed by atoms with Gasteiger partial charge in [-0.3, -0.25) is 0 Å². The molecule has 0 radical (unpaired) electrons. The highest BCUT2D eigenvalue weighted by Crippen LogP contribution is 2.34. The number of pyridine rings is 1. The van der Waals surface area contributed by atoms with Gasteiger partial charge in [0, 0.05) is 17.8 Å². The van der Waals surface area contributed by atoms with Gasteiger partial charge in [0.25, 0.3) is 0 Å². The maximum atomic E-state index is 4.27. The third kappa shape index (κ3) is 1.22. The van der Waals surface area contributed by atoms with Gasteiger partial charge in [-0.05, 0) is 42.9 Å². The van der Waals surface area contributed by atoms with E-state index in [2.05, 4.69) is 22.2 Å². The van der Waals surface area contributed by atoms with Crippen molar-refractivity contribution in [3.05, 3.63) is 30.1 Å². The van der Waals surface area contributed by atoms with Gasteiger partial charge < -0.3 is 4.98 Å². The molecule has 2 aromatic rings. The second-order valence-corrected chi connectivity index (χ2v) is 3.86. The monoisotopic (exact) mass is 172 g/mol. The first kappa shape index (κ1) is 7.13. The Kier molecular flexibility index (Phi) is 1.42. The third-order valence-electron chi connectivity index (χ3n) is 2.74. The molecule has 0 amide bonds. The number of hydrogen-bond acceptors (Lipinski definition) is 1. The van der Waals surface area contributed by atoms with Gasteiger partial charge in [-0.25, -0.2) is 4.98 Å². The summed E-state index contributed by atoms with van der Waals surface area (Å²) in [6.45, 7) is 0. The molecule has 0 atom stereocenters. The minimum absolute atomic E-state index is 0.944. The smallest absolute Gasteiger partial charge is 0.137 e. The first-order chi connectivity index (χ1) is 6.43. The molecule has 2 aromatic heterocycles. The van der Waals surface area contributed by atoms with Crippen molar-refractivity contribution in [3.8, 4) is 0 Å². The molecule has 0 aromatic carbocycles. The van der Waals surface area contributed by atoms with Gasteiger partial charge in [-0.15, -0.1) is 0 Å². The molecule has 1 saturated carbocycles. The summed E-state index contributed by atoms with van der Waals surface area (Å²) in [5.74, 6) is 0.944. The molecule has 1 aliphatic rings. The Labute approximate surface area is 77.0 Å². The van der Waals surface area contributed by atoms with E-state index in [0.29, 0.717) is 0 Å². The van der Waals surface area contributed by atoms with Crippen LogP contribution in [-0.4, -0.2) is 9.97 Å². The molecule has 2 heteroatoms. The summed E-state index contributed by atoms with van der Waals surface area (Å²) in [6, 6.07) is 4.16. The first-order valence-corrected chi connectivity index (χ1v) is 4.84. The van der Waals surface area contributed by atoms with Crippen LogP contribution >= 0.6 is 0 Å². The maximum Gasteiger partial charge on any atom is 0.137 e. The van der Waals surface area contributed by atoms with Gasteiger partial charge in [0.15, 0.2) is 0 Å². The zero-order chi connectivity index (χ0) is 8.67. The molecule has 1 N–H and O–H groups in total. The van der Waals surface area contributed by atoms with Crippen LogP contribution in [0.2, 0.25) is 0 Å². The van der Waals surface area contributed by atoms with Crippen molar-refractivity contribution < 1.29 is 0 Å². The molecular weight excluding hydrogens is 160 g/mol. The summed E-state index contributed by atoms with van der Waals surface area (Å²) < 4.78 is 0. The largest absolute Gasteiger partial charge is 0.346 e. The predicted molar refractivity (Wildman–Crippen MR) is 52.5 cm³/mol. The van der Waals surface area contributed by atoms with Crippen LogP contribution < -0.4 is 0 Å². The van der Waals surface area contributed by atoms with E-state index in [0.717, 1.165) is 11.6 Å². The van der Waals surface area contributed by atoms with E-state index < -0.39 is 0 Å². The number of rotatable bonds is 2. The van der Waals surface area contributed by atoms with Gasteiger partial charge in [0.2, 0.25) is 0 Å². The Morgan fingerprint density at radius 2 is 2.38 bits per heavy atom. The topological polar surface area (TPSA) is 28.7 Å². The third-order valence-corrected chi connectivity index (χ3v) is 2.74. The Morgan fingerprint density at radius 3 is 3.23 bits per heavy atom. The van der Waals surface area contributed by atoms with E-state index in [-0.39, 0.29) is 0 Å². The number of aromatic amines is 1. The highest BCUT2D eigenvalue weighted by Gasteiger charge is 2.22. The second kappa shape index (κ2) is 2.59. The SMILES string of the molecule is c1cnc2[nH]cc(CC3CC3)c2c1. The second-order valence-electron chi connectivity index (χ2n) is 3.86. The summed E-state index contributed by atoms with van der Waals surface area (Å²) in [7, 11) is 0. The average Bonchev–Trinajstić information content (AvgIpc) is 2.88. The molecular formula is C11H12N2. The van der Waals surface area contributed by atoms with Gasteiger partial charge in [-0.2, -0.15) is 0 Å². The van der Waals surface area contributed by atoms with Crippen LogP contribution in [0.3, 0.4) is 0 Å². The molecule has 13 heavy (non-hydrogen) atoms. The lowest BCUT2D eigenvalue weighted by atomic mass is 10.1. The number of hydrogen-bond donors (Lipinski definition) is 1. The fourth-order valence-corrected chi connectivity index (χ4v) is 1.81. The number of nitrogens with one attached hydrogen (secondary N) is 1. The molecule has 0 unspecified atom stereocenters. The Balaban J connectivity index is 2.06. The van der Waals surface area contributed by atoms with Gasteiger partial charge >= 0.3 is 0 Å². The summed E-state index contributed by atoms with van der Waals surface area (Å²) in [5.41, 5.74) is 2.46. The lowest BCUT2D eigenvalue weighted by Crippen LogP contribution is -1.83. The molecule has 2 nitrogen and oxygen atoms in total. The van der Waals surface area contributed by atoms with E-state index in [1.807, 2.05) is 12.3 Å². The van der Waals surface area contributed by atoms with Crippen LogP contribution in [0.4, 0.5) is 0 Å². The molecule has 0 aliphatic heterocycles. The van der Waals surface area contributed by atoms with Gasteiger partial charge in [0.1, 0.15) is 5.65 Å². The molecule has 3 rings (SSSR count). The van der Waals surface area contributed by atoms with Crippen molar-refractivity contribution >= 4 is 11.0 Å². The van der Waals surface area contributed by atoms with Crippen LogP contribution in [0, 0.1) is 5.92 Å². The zero-order valence-electron chi connectivity index (χ0n) is 7.46. The highest BCUT2D eigenvalue weighted by molar-refractivity contribution is 5.79. The standard InChI is InChI=1S/C11H12N2/c1-2-10-9(6-8-3-4-8)7-13-11(10)12-5-1/h1-2,5,7-8H,3-4,6H2,(H,12,13). The van der Waals surface area contributed by atoms with Crippen molar-refractivity contribution in [3.63, 3.8) is 0 Å². The van der Waals surface area contributed by atoms with Crippen molar-refractivity contribution in [1.82, 2.24) is 9.97 Å². The number of aromatic nitrogens is 2. The minimum atomic E-state index is 0.944. The molecule has 1 fully saturated rings. The lowest BCUT2D eigenvalue weighted by Gasteiger charge is -1.94. The summed E-state index contributed by atoms with van der Waals surface area (Å²) in [6.07, 6.45) is 7.99. The quantitative estimate of drug-likeness (QED) is 0.740. The summed E-state index contributed by atoms with van der Waals surface area (Å²) in [5, 5.41) is 1.30. The summed E-state index contributed by atoms with van der Waals surface area (Å²) >= 11 is 0. The van der Waals surface area contributed by atoms with E-state index in [4.69, 9.17) is 0 Å². The summed E-state index contributed by atoms with van der Waals surface area (Å²) in [4.78, 5) is 7.48. The Morgan fingerprint density at radius 1 is 1.46 bits per heavy atom. The normalized spacial score (nSPS) is 16.6. The Bertz CT molecular complexity index is 426. The molecule has 2 heterocycles. The lowest BCUT2D eigenvalue weighted by molar-refractivity contribution is 0.838. The number of H-pyrrole nitrogens is 1. The fraction of sp³-hybridized carbons (Fsp3) is 0.364. The number of nitrogens with zero attached hydrogens (tertiary/aromatic N) is 1. The van der Waals surface area contributed by atoms with Crippen molar-refractivity contribution in [2.75, 3.05) is 0 Å². The highest BCUT2D eigenvalue weighted by atomic mass is 14.8. The van der Waals surface area contributed by atoms with E-state index in [1.165, 1.54) is 30.2 Å². The van der Waals surface area contributed by atoms with E-state index in [1.54, 1.807) is 0 Å². The predicted octanol–water partition coefficient (Wildman–Crippen LogP) is 2.52. The molecule has 0 bridgehead atoms. The van der Waals surface area contributed by atoms with Crippen LogP contribution in [0.1, 0.15) is 18.4 Å². The van der Waals surface area contributed by atoms with E-state index in [9.17, 15) is 0 Å². The maximum absolute atomic E-state index is 4.27. The Hall–Kier alpha value is -1.31. The van der Waals surface area contributed by atoms with Crippen LogP contribution in [0.25, 0.3) is 11.0 Å². The molecule has 1 aliphatic carbocycles. The van der Waals surface area contributed by atoms with Crippen molar-refractivity contribution in [2.45, 2.75) is 19.3 Å². The first-order valence-electron chi connectivity index (χ1n) is 4.84. The van der Waals surface area contributed by atoms with Crippen molar-refractivity contribution in [2.24, 2.45) is 5.92 Å². The minimum Gasteiger partial charge on any atom is -0.346 e. The fourth-order valence-electron chi connectivity index (χ4n) is 1.81. The molecule has 0 spiro atoms. The zero-order valence-corrected chi connectivity index (χ0v) is 7.46. The average molecular weight is 172 g/mol. The van der Waals surface area contributed by atoms with Gasteiger partial charge in [-0.1, -0.05) is 0 Å². The van der Waals surface area contributed by atoms with E-state index >= 15 is 0 Å². The van der Waals surface area contributed by atoms with Crippen LogP contribution in [-0.2, 0) is 6.42 Å². The van der Waals surface area contributed by atoms with Crippen LogP contribution in [0.5, 0.6) is 0 Å². The number of fused-ring (bicyclic) bond motifs is 1.